The lowest BCUT2D eigenvalue weighted by molar-refractivity contribution is -0.118. The van der Waals surface area contributed by atoms with Gasteiger partial charge in [0.25, 0.3) is 5.91 Å². The fraction of sp³-hybridized carbons (Fsp3) is 0.0909. The molecular weight excluding hydrogens is 338 g/mol. The molecule has 0 fully saturated rings. The van der Waals surface area contributed by atoms with E-state index in [1.54, 1.807) is 0 Å². The zero-order chi connectivity index (χ0) is 18.6. The number of ether oxygens (including phenoxy) is 1. The van der Waals surface area contributed by atoms with Crippen LogP contribution in [-0.2, 0) is 4.79 Å². The zero-order valence-corrected chi connectivity index (χ0v) is 14.9. The van der Waals surface area contributed by atoms with Crippen molar-refractivity contribution >= 4 is 22.6 Å². The number of aromatic nitrogens is 2. The highest BCUT2D eigenvalue weighted by Gasteiger charge is 2.07. The topological polar surface area (TPSA) is 67.0 Å². The highest BCUT2D eigenvalue weighted by Crippen LogP contribution is 2.22. The number of H-pyrrole nitrogens is 1. The zero-order valence-electron chi connectivity index (χ0n) is 14.9. The minimum atomic E-state index is -0.194. The molecule has 0 radical (unpaired) electrons. The Morgan fingerprint density at radius 3 is 2.48 bits per heavy atom. The summed E-state index contributed by atoms with van der Waals surface area (Å²) in [6.45, 7) is 1.96. The summed E-state index contributed by atoms with van der Waals surface area (Å²) < 4.78 is 5.57. The van der Waals surface area contributed by atoms with Crippen LogP contribution in [0, 0.1) is 6.92 Å². The van der Waals surface area contributed by atoms with Crippen molar-refractivity contribution in [2.75, 3.05) is 11.9 Å². The third kappa shape index (κ3) is 3.98. The molecule has 27 heavy (non-hydrogen) atoms. The summed E-state index contributed by atoms with van der Waals surface area (Å²) in [6.07, 6.45) is 0. The van der Waals surface area contributed by atoms with Gasteiger partial charge in [0, 0.05) is 11.3 Å². The summed E-state index contributed by atoms with van der Waals surface area (Å²) in [6, 6.07) is 23.1. The average molecular weight is 357 g/mol. The van der Waals surface area contributed by atoms with E-state index in [1.165, 1.54) is 0 Å². The molecule has 5 heteroatoms. The van der Waals surface area contributed by atoms with Crippen molar-refractivity contribution in [2.45, 2.75) is 6.92 Å². The number of rotatable bonds is 5. The Balaban J connectivity index is 1.37. The van der Waals surface area contributed by atoms with Gasteiger partial charge in [-0.1, -0.05) is 29.8 Å². The molecule has 3 aromatic carbocycles. The summed E-state index contributed by atoms with van der Waals surface area (Å²) in [7, 11) is 0. The molecule has 4 rings (SSSR count). The smallest absolute Gasteiger partial charge is 0.262 e. The van der Waals surface area contributed by atoms with Gasteiger partial charge in [-0.3, -0.25) is 4.79 Å². The normalized spacial score (nSPS) is 10.7. The van der Waals surface area contributed by atoms with Gasteiger partial charge in [-0.25, -0.2) is 4.98 Å². The standard InChI is InChI=1S/C22H19N3O2/c1-15-6-10-17(11-7-15)23-21(26)14-27-18-12-8-16(9-13-18)22-24-19-4-2-3-5-20(19)25-22/h2-13H,14H2,1H3,(H,23,26)(H,24,25). The van der Waals surface area contributed by atoms with E-state index < -0.39 is 0 Å². The van der Waals surface area contributed by atoms with Crippen LogP contribution in [0.5, 0.6) is 5.75 Å². The largest absolute Gasteiger partial charge is 0.484 e. The fourth-order valence-electron chi connectivity index (χ4n) is 2.78. The van der Waals surface area contributed by atoms with Crippen molar-refractivity contribution < 1.29 is 9.53 Å². The van der Waals surface area contributed by atoms with E-state index in [0.717, 1.165) is 33.7 Å². The summed E-state index contributed by atoms with van der Waals surface area (Å²) in [5.74, 6) is 1.24. The van der Waals surface area contributed by atoms with E-state index in [0.29, 0.717) is 5.75 Å². The number of imidazole rings is 1. The van der Waals surface area contributed by atoms with Crippen molar-refractivity contribution in [3.8, 4) is 17.1 Å². The molecule has 2 N–H and O–H groups in total. The number of carbonyl (C=O) groups excluding carboxylic acids is 1. The predicted octanol–water partition coefficient (Wildman–Crippen LogP) is 4.56. The Kier molecular flexibility index (Phi) is 4.58. The number of nitrogens with zero attached hydrogens (tertiary/aromatic N) is 1. The summed E-state index contributed by atoms with van der Waals surface area (Å²) >= 11 is 0. The first-order valence-corrected chi connectivity index (χ1v) is 8.72. The minimum Gasteiger partial charge on any atom is -0.484 e. The SMILES string of the molecule is Cc1ccc(NC(=O)COc2ccc(-c3nc4ccccc4[nH]3)cc2)cc1. The first-order chi connectivity index (χ1) is 13.2. The second-order valence-electron chi connectivity index (χ2n) is 6.33. The van der Waals surface area contributed by atoms with E-state index in [4.69, 9.17) is 4.74 Å². The van der Waals surface area contributed by atoms with E-state index in [1.807, 2.05) is 79.7 Å². The highest BCUT2D eigenvalue weighted by molar-refractivity contribution is 5.91. The fourth-order valence-corrected chi connectivity index (χ4v) is 2.78. The Morgan fingerprint density at radius 2 is 1.74 bits per heavy atom. The second kappa shape index (κ2) is 7.33. The third-order valence-electron chi connectivity index (χ3n) is 4.22. The van der Waals surface area contributed by atoms with Gasteiger partial charge in [0.05, 0.1) is 11.0 Å². The van der Waals surface area contributed by atoms with Crippen molar-refractivity contribution in [3.05, 3.63) is 78.4 Å². The van der Waals surface area contributed by atoms with Gasteiger partial charge in [-0.05, 0) is 55.5 Å². The Bertz CT molecular complexity index is 1030. The lowest BCUT2D eigenvalue weighted by Crippen LogP contribution is -2.20. The molecule has 0 aliphatic carbocycles. The number of amides is 1. The van der Waals surface area contributed by atoms with Gasteiger partial charge in [-0.2, -0.15) is 0 Å². The second-order valence-corrected chi connectivity index (χ2v) is 6.33. The molecule has 0 saturated carbocycles. The summed E-state index contributed by atoms with van der Waals surface area (Å²) in [5, 5.41) is 2.81. The van der Waals surface area contributed by atoms with Crippen LogP contribution >= 0.6 is 0 Å². The van der Waals surface area contributed by atoms with Crippen LogP contribution in [-0.4, -0.2) is 22.5 Å². The lowest BCUT2D eigenvalue weighted by atomic mass is 10.2. The molecule has 0 bridgehead atoms. The molecular formula is C22H19N3O2. The Morgan fingerprint density at radius 1 is 1.00 bits per heavy atom. The van der Waals surface area contributed by atoms with Gasteiger partial charge >= 0.3 is 0 Å². The van der Waals surface area contributed by atoms with Gasteiger partial charge in [0.15, 0.2) is 6.61 Å². The highest BCUT2D eigenvalue weighted by atomic mass is 16.5. The number of carbonyl (C=O) groups is 1. The van der Waals surface area contributed by atoms with E-state index >= 15 is 0 Å². The Hall–Kier alpha value is -3.60. The van der Waals surface area contributed by atoms with Gasteiger partial charge in [0.1, 0.15) is 11.6 Å². The number of aryl methyl sites for hydroxylation is 1. The summed E-state index contributed by atoms with van der Waals surface area (Å²) in [5.41, 5.74) is 4.80. The molecule has 0 aliphatic rings. The van der Waals surface area contributed by atoms with E-state index in [-0.39, 0.29) is 12.5 Å². The quantitative estimate of drug-likeness (QED) is 0.550. The van der Waals surface area contributed by atoms with E-state index in [2.05, 4.69) is 15.3 Å². The number of nitrogens with one attached hydrogen (secondary N) is 2. The van der Waals surface area contributed by atoms with Gasteiger partial charge in [-0.15, -0.1) is 0 Å². The molecule has 0 unspecified atom stereocenters. The van der Waals surface area contributed by atoms with Crippen LogP contribution in [0.3, 0.4) is 0 Å². The van der Waals surface area contributed by atoms with Crippen LogP contribution in [0.1, 0.15) is 5.56 Å². The monoisotopic (exact) mass is 357 g/mol. The average Bonchev–Trinajstić information content (AvgIpc) is 3.13. The maximum Gasteiger partial charge on any atom is 0.262 e. The third-order valence-corrected chi connectivity index (χ3v) is 4.22. The number of benzene rings is 3. The molecule has 1 aromatic heterocycles. The maximum absolute atomic E-state index is 12.0. The lowest BCUT2D eigenvalue weighted by Gasteiger charge is -2.08. The Labute approximate surface area is 157 Å². The molecule has 1 amide bonds. The van der Waals surface area contributed by atoms with Crippen molar-refractivity contribution in [2.24, 2.45) is 0 Å². The molecule has 0 atom stereocenters. The van der Waals surface area contributed by atoms with Crippen LogP contribution < -0.4 is 10.1 Å². The number of para-hydroxylation sites is 2. The molecule has 0 saturated heterocycles. The summed E-state index contributed by atoms with van der Waals surface area (Å²) in [4.78, 5) is 19.9. The number of hydrogen-bond donors (Lipinski definition) is 2. The predicted molar refractivity (Wildman–Crippen MR) is 107 cm³/mol. The molecule has 0 spiro atoms. The van der Waals surface area contributed by atoms with Gasteiger partial charge in [0.2, 0.25) is 0 Å². The minimum absolute atomic E-state index is 0.0438. The number of fused-ring (bicyclic) bond motifs is 1. The number of aromatic amines is 1. The maximum atomic E-state index is 12.0. The molecule has 134 valence electrons. The van der Waals surface area contributed by atoms with Crippen molar-refractivity contribution in [3.63, 3.8) is 0 Å². The van der Waals surface area contributed by atoms with Crippen LogP contribution in [0.25, 0.3) is 22.4 Å². The van der Waals surface area contributed by atoms with Crippen LogP contribution in [0.15, 0.2) is 72.8 Å². The molecule has 4 aromatic rings. The van der Waals surface area contributed by atoms with Crippen molar-refractivity contribution in [1.29, 1.82) is 0 Å². The first-order valence-electron chi connectivity index (χ1n) is 8.72. The van der Waals surface area contributed by atoms with Crippen LogP contribution in [0.4, 0.5) is 5.69 Å². The number of anilines is 1. The molecule has 1 heterocycles. The van der Waals surface area contributed by atoms with E-state index in [9.17, 15) is 4.79 Å². The van der Waals surface area contributed by atoms with Crippen molar-refractivity contribution in [1.82, 2.24) is 9.97 Å². The first kappa shape index (κ1) is 16.8. The molecule has 5 nitrogen and oxygen atoms in total. The molecule has 0 aliphatic heterocycles. The van der Waals surface area contributed by atoms with Crippen LogP contribution in [0.2, 0.25) is 0 Å². The number of hydrogen-bond acceptors (Lipinski definition) is 3. The van der Waals surface area contributed by atoms with Gasteiger partial charge < -0.3 is 15.0 Å².